The lowest BCUT2D eigenvalue weighted by Crippen LogP contribution is -2.31. The molecule has 0 aliphatic carbocycles. The minimum absolute atomic E-state index is 0.00631. The Morgan fingerprint density at radius 1 is 1.33 bits per heavy atom. The smallest absolute Gasteiger partial charge is 0.337 e. The van der Waals surface area contributed by atoms with E-state index in [1.54, 1.807) is 6.07 Å². The lowest BCUT2D eigenvalue weighted by atomic mass is 10.2. The average Bonchev–Trinajstić information content (AvgIpc) is 2.35. The highest BCUT2D eigenvalue weighted by molar-refractivity contribution is 14.1. The highest BCUT2D eigenvalue weighted by Crippen LogP contribution is 2.18. The lowest BCUT2D eigenvalue weighted by Gasteiger charge is -2.10. The molecule has 0 saturated carbocycles. The number of aromatic carboxylic acids is 1. The van der Waals surface area contributed by atoms with Crippen LogP contribution in [0.3, 0.4) is 0 Å². The molecule has 9 heteroatoms. The number of hydrogen-bond donors (Lipinski definition) is 3. The summed E-state index contributed by atoms with van der Waals surface area (Å²) in [4.78, 5) is 22.7. The van der Waals surface area contributed by atoms with E-state index in [0.29, 0.717) is 6.42 Å². The summed E-state index contributed by atoms with van der Waals surface area (Å²) in [7, 11) is -3.05. The van der Waals surface area contributed by atoms with E-state index in [1.807, 2.05) is 22.6 Å². The minimum atomic E-state index is -3.05. The van der Waals surface area contributed by atoms with Crippen LogP contribution in [0.1, 0.15) is 16.8 Å². The quantitative estimate of drug-likeness (QED) is 0.472. The molecular weight excluding hydrogens is 411 g/mol. The van der Waals surface area contributed by atoms with E-state index < -0.39 is 21.8 Å². The van der Waals surface area contributed by atoms with Gasteiger partial charge in [-0.05, 0) is 47.2 Å². The molecule has 7 nitrogen and oxygen atoms in total. The van der Waals surface area contributed by atoms with Gasteiger partial charge in [0.05, 0.1) is 17.0 Å². The maximum Gasteiger partial charge on any atom is 0.337 e. The predicted octanol–water partition coefficient (Wildman–Crippen LogP) is 1.55. The van der Waals surface area contributed by atoms with Gasteiger partial charge in [-0.15, -0.1) is 0 Å². The average molecular weight is 426 g/mol. The first kappa shape index (κ1) is 17.7. The third kappa shape index (κ3) is 6.76. The molecule has 0 fully saturated rings. The maximum atomic E-state index is 11.6. The van der Waals surface area contributed by atoms with E-state index >= 15 is 0 Å². The van der Waals surface area contributed by atoms with Gasteiger partial charge in [0, 0.05) is 16.4 Å². The minimum Gasteiger partial charge on any atom is -0.478 e. The van der Waals surface area contributed by atoms with Crippen LogP contribution in [-0.2, 0) is 9.84 Å². The summed E-state index contributed by atoms with van der Waals surface area (Å²) in [6, 6.07) is 4.04. The van der Waals surface area contributed by atoms with Crippen LogP contribution in [0.5, 0.6) is 0 Å². The van der Waals surface area contributed by atoms with Gasteiger partial charge >= 0.3 is 12.0 Å². The molecule has 0 spiro atoms. The number of carbonyl (C=O) groups excluding carboxylic acids is 1. The largest absolute Gasteiger partial charge is 0.478 e. The van der Waals surface area contributed by atoms with Crippen LogP contribution in [0.4, 0.5) is 10.5 Å². The standard InChI is InChI=1S/C12H15IN2O5S/c1-21(19,20)6-2-5-14-12(18)15-10-4-3-8(13)7-9(10)11(16)17/h3-4,7H,2,5-6H2,1H3,(H,16,17)(H2,14,15,18). The summed E-state index contributed by atoms with van der Waals surface area (Å²) in [5.41, 5.74) is 0.178. The van der Waals surface area contributed by atoms with Crippen LogP contribution < -0.4 is 10.6 Å². The van der Waals surface area contributed by atoms with Gasteiger partial charge in [-0.2, -0.15) is 0 Å². The van der Waals surface area contributed by atoms with Crippen LogP contribution in [0, 0.1) is 3.57 Å². The summed E-state index contributed by atoms with van der Waals surface area (Å²) >= 11 is 1.98. The molecule has 1 rings (SSSR count). The second-order valence-electron chi connectivity index (χ2n) is 4.36. The Hall–Kier alpha value is -1.36. The van der Waals surface area contributed by atoms with Gasteiger partial charge in [0.1, 0.15) is 9.84 Å². The van der Waals surface area contributed by atoms with E-state index in [1.165, 1.54) is 12.1 Å². The molecular formula is C12H15IN2O5S. The molecule has 0 atom stereocenters. The van der Waals surface area contributed by atoms with Crippen molar-refractivity contribution in [1.29, 1.82) is 0 Å². The molecule has 1 aromatic rings. The number of sulfone groups is 1. The number of halogens is 1. The second-order valence-corrected chi connectivity index (χ2v) is 7.86. The highest BCUT2D eigenvalue weighted by Gasteiger charge is 2.12. The molecule has 0 heterocycles. The fourth-order valence-electron chi connectivity index (χ4n) is 1.51. The van der Waals surface area contributed by atoms with Gasteiger partial charge in [-0.3, -0.25) is 0 Å². The molecule has 0 radical (unpaired) electrons. The SMILES string of the molecule is CS(=O)(=O)CCCNC(=O)Nc1ccc(I)cc1C(=O)O. The molecule has 0 aliphatic rings. The van der Waals surface area contributed by atoms with Crippen LogP contribution in [0.25, 0.3) is 0 Å². The Kier molecular flexibility index (Phi) is 6.40. The van der Waals surface area contributed by atoms with Crippen molar-refractivity contribution in [3.05, 3.63) is 27.3 Å². The Labute approximate surface area is 136 Å². The first-order valence-corrected chi connectivity index (χ1v) is 9.08. The van der Waals surface area contributed by atoms with Crippen LogP contribution >= 0.6 is 22.6 Å². The summed E-state index contributed by atoms with van der Waals surface area (Å²) in [5, 5.41) is 14.0. The molecule has 0 saturated heterocycles. The van der Waals surface area contributed by atoms with Gasteiger partial charge in [0.2, 0.25) is 0 Å². The molecule has 0 aromatic heterocycles. The van der Waals surface area contributed by atoms with Crippen molar-refractivity contribution in [2.24, 2.45) is 0 Å². The van der Waals surface area contributed by atoms with E-state index in [9.17, 15) is 18.0 Å². The zero-order chi connectivity index (χ0) is 16.0. The van der Waals surface area contributed by atoms with Gasteiger partial charge in [0.15, 0.2) is 0 Å². The van der Waals surface area contributed by atoms with Crippen molar-refractivity contribution in [1.82, 2.24) is 5.32 Å². The molecule has 1 aromatic carbocycles. The van der Waals surface area contributed by atoms with E-state index in [-0.39, 0.29) is 23.5 Å². The van der Waals surface area contributed by atoms with Crippen molar-refractivity contribution in [3.8, 4) is 0 Å². The number of carbonyl (C=O) groups is 2. The zero-order valence-electron chi connectivity index (χ0n) is 11.2. The number of hydrogen-bond acceptors (Lipinski definition) is 4. The number of carboxylic acids is 1. The monoisotopic (exact) mass is 426 g/mol. The Bertz CT molecular complexity index is 645. The van der Waals surface area contributed by atoms with Crippen LogP contribution in [0.15, 0.2) is 18.2 Å². The topological polar surface area (TPSA) is 113 Å². The van der Waals surface area contributed by atoms with Gasteiger partial charge in [0.25, 0.3) is 0 Å². The fraction of sp³-hybridized carbons (Fsp3) is 0.333. The summed E-state index contributed by atoms with van der Waals surface area (Å²) < 4.78 is 22.6. The van der Waals surface area contributed by atoms with Gasteiger partial charge in [-0.1, -0.05) is 0 Å². The van der Waals surface area contributed by atoms with Crippen molar-refractivity contribution < 1.29 is 23.1 Å². The second kappa shape index (κ2) is 7.59. The van der Waals surface area contributed by atoms with Crippen molar-refractivity contribution >= 4 is 50.1 Å². The van der Waals surface area contributed by atoms with Crippen molar-refractivity contribution in [3.63, 3.8) is 0 Å². The lowest BCUT2D eigenvalue weighted by molar-refractivity contribution is 0.0698. The number of carboxylic acid groups (broad SMARTS) is 1. The van der Waals surface area contributed by atoms with Crippen LogP contribution in [-0.4, -0.2) is 44.1 Å². The Balaban J connectivity index is 2.57. The molecule has 0 aliphatic heterocycles. The molecule has 2 amide bonds. The number of amides is 2. The van der Waals surface area contributed by atoms with Crippen LogP contribution in [0.2, 0.25) is 0 Å². The first-order chi connectivity index (χ1) is 9.69. The van der Waals surface area contributed by atoms with E-state index in [0.717, 1.165) is 9.83 Å². The van der Waals surface area contributed by atoms with Gasteiger partial charge in [-0.25, -0.2) is 18.0 Å². The van der Waals surface area contributed by atoms with E-state index in [2.05, 4.69) is 10.6 Å². The third-order valence-corrected chi connectivity index (χ3v) is 4.14. The highest BCUT2D eigenvalue weighted by atomic mass is 127. The Morgan fingerprint density at radius 2 is 2.00 bits per heavy atom. The maximum absolute atomic E-state index is 11.6. The zero-order valence-corrected chi connectivity index (χ0v) is 14.2. The Morgan fingerprint density at radius 3 is 2.57 bits per heavy atom. The number of benzene rings is 1. The fourth-order valence-corrected chi connectivity index (χ4v) is 2.67. The van der Waals surface area contributed by atoms with E-state index in [4.69, 9.17) is 5.11 Å². The van der Waals surface area contributed by atoms with Gasteiger partial charge < -0.3 is 15.7 Å². The number of nitrogens with one attached hydrogen (secondary N) is 2. The number of urea groups is 1. The van der Waals surface area contributed by atoms with Crippen molar-refractivity contribution in [2.45, 2.75) is 6.42 Å². The number of anilines is 1. The molecule has 3 N–H and O–H groups in total. The summed E-state index contributed by atoms with van der Waals surface area (Å²) in [6.45, 7) is 0.186. The molecule has 116 valence electrons. The number of rotatable bonds is 6. The van der Waals surface area contributed by atoms with Crippen molar-refractivity contribution in [2.75, 3.05) is 23.9 Å². The molecule has 0 unspecified atom stereocenters. The first-order valence-electron chi connectivity index (χ1n) is 5.94. The predicted molar refractivity (Wildman–Crippen MR) is 87.5 cm³/mol. The molecule has 0 bridgehead atoms. The summed E-state index contributed by atoms with van der Waals surface area (Å²) in [6.07, 6.45) is 1.42. The third-order valence-electron chi connectivity index (χ3n) is 2.44. The summed E-state index contributed by atoms with van der Waals surface area (Å²) in [5.74, 6) is -1.15. The normalized spacial score (nSPS) is 11.0. The molecule has 21 heavy (non-hydrogen) atoms.